The van der Waals surface area contributed by atoms with Gasteiger partial charge in [-0.1, -0.05) is 60.7 Å². The Labute approximate surface area is 160 Å². The van der Waals surface area contributed by atoms with Crippen LogP contribution in [0.2, 0.25) is 0 Å². The second kappa shape index (κ2) is 8.21. The maximum Gasteiger partial charge on any atom is 0.274 e. The SMILES string of the molecule is O=C(c1n[nH]c2c1CCCC2)N(CCc1ccccc1)Cc1ccccc1. The Balaban J connectivity index is 1.56. The van der Waals surface area contributed by atoms with Crippen molar-refractivity contribution in [2.75, 3.05) is 6.54 Å². The lowest BCUT2D eigenvalue weighted by Crippen LogP contribution is -2.33. The molecule has 1 amide bonds. The number of rotatable bonds is 6. The van der Waals surface area contributed by atoms with Crippen molar-refractivity contribution < 1.29 is 4.79 Å². The van der Waals surface area contributed by atoms with Gasteiger partial charge in [0.15, 0.2) is 5.69 Å². The number of H-pyrrole nitrogens is 1. The van der Waals surface area contributed by atoms with Crippen LogP contribution in [0.15, 0.2) is 60.7 Å². The van der Waals surface area contributed by atoms with Crippen molar-refractivity contribution in [3.8, 4) is 0 Å². The molecular weight excluding hydrogens is 334 g/mol. The fourth-order valence-electron chi connectivity index (χ4n) is 3.77. The summed E-state index contributed by atoms with van der Waals surface area (Å²) in [5, 5.41) is 7.50. The van der Waals surface area contributed by atoms with Gasteiger partial charge in [0, 0.05) is 24.3 Å². The lowest BCUT2D eigenvalue weighted by molar-refractivity contribution is 0.0738. The predicted molar refractivity (Wildman–Crippen MR) is 107 cm³/mol. The van der Waals surface area contributed by atoms with Crippen LogP contribution in [0.3, 0.4) is 0 Å². The number of nitrogens with zero attached hydrogens (tertiary/aromatic N) is 2. The van der Waals surface area contributed by atoms with Crippen molar-refractivity contribution >= 4 is 5.91 Å². The Morgan fingerprint density at radius 3 is 2.33 bits per heavy atom. The summed E-state index contributed by atoms with van der Waals surface area (Å²) in [4.78, 5) is 15.3. The van der Waals surface area contributed by atoms with E-state index in [2.05, 4.69) is 34.5 Å². The molecule has 1 N–H and O–H groups in total. The molecule has 27 heavy (non-hydrogen) atoms. The first-order valence-corrected chi connectivity index (χ1v) is 9.74. The molecule has 1 aliphatic rings. The average molecular weight is 359 g/mol. The third kappa shape index (κ3) is 4.11. The highest BCUT2D eigenvalue weighted by atomic mass is 16.2. The minimum atomic E-state index is 0.0363. The van der Waals surface area contributed by atoms with Crippen molar-refractivity contribution in [1.29, 1.82) is 0 Å². The number of aromatic amines is 1. The van der Waals surface area contributed by atoms with Gasteiger partial charge in [-0.05, 0) is 43.2 Å². The van der Waals surface area contributed by atoms with Crippen LogP contribution < -0.4 is 0 Å². The minimum Gasteiger partial charge on any atom is -0.333 e. The molecule has 1 heterocycles. The lowest BCUT2D eigenvalue weighted by Gasteiger charge is -2.23. The van der Waals surface area contributed by atoms with E-state index in [9.17, 15) is 4.79 Å². The number of amides is 1. The zero-order chi connectivity index (χ0) is 18.5. The van der Waals surface area contributed by atoms with Gasteiger partial charge in [-0.25, -0.2) is 0 Å². The molecular formula is C23H25N3O. The molecule has 4 nitrogen and oxygen atoms in total. The zero-order valence-corrected chi connectivity index (χ0v) is 15.5. The van der Waals surface area contributed by atoms with Crippen molar-refractivity contribution in [2.45, 2.75) is 38.6 Å². The Bertz CT molecular complexity index is 887. The number of nitrogens with one attached hydrogen (secondary N) is 1. The standard InChI is InChI=1S/C23H25N3O/c27-23(22-20-13-7-8-14-21(20)24-25-22)26(17-19-11-5-2-6-12-19)16-15-18-9-3-1-4-10-18/h1-6,9-12H,7-8,13-17H2,(H,24,25). The van der Waals surface area contributed by atoms with Crippen LogP contribution in [0, 0.1) is 0 Å². The first kappa shape index (κ1) is 17.5. The van der Waals surface area contributed by atoms with E-state index in [4.69, 9.17) is 0 Å². The van der Waals surface area contributed by atoms with E-state index in [1.165, 1.54) is 12.0 Å². The van der Waals surface area contributed by atoms with Crippen molar-refractivity contribution in [1.82, 2.24) is 15.1 Å². The summed E-state index contributed by atoms with van der Waals surface area (Å²) < 4.78 is 0. The second-order valence-electron chi connectivity index (χ2n) is 7.18. The van der Waals surface area contributed by atoms with Gasteiger partial charge in [-0.2, -0.15) is 5.10 Å². The number of fused-ring (bicyclic) bond motifs is 1. The molecule has 2 aromatic carbocycles. The number of hydrogen-bond acceptors (Lipinski definition) is 2. The van der Waals surface area contributed by atoms with Gasteiger partial charge in [0.05, 0.1) is 0 Å². The Morgan fingerprint density at radius 1 is 0.926 bits per heavy atom. The molecule has 0 saturated carbocycles. The molecule has 4 heteroatoms. The molecule has 0 aliphatic heterocycles. The minimum absolute atomic E-state index is 0.0363. The molecule has 0 fully saturated rings. The number of aromatic nitrogens is 2. The molecule has 0 bridgehead atoms. The fraction of sp³-hybridized carbons (Fsp3) is 0.304. The Morgan fingerprint density at radius 2 is 1.59 bits per heavy atom. The second-order valence-corrected chi connectivity index (χ2v) is 7.18. The summed E-state index contributed by atoms with van der Waals surface area (Å²) in [5.74, 6) is 0.0363. The highest BCUT2D eigenvalue weighted by Crippen LogP contribution is 2.23. The van der Waals surface area contributed by atoms with E-state index in [-0.39, 0.29) is 5.91 Å². The van der Waals surface area contributed by atoms with E-state index >= 15 is 0 Å². The van der Waals surface area contributed by atoms with Gasteiger partial charge in [-0.15, -0.1) is 0 Å². The van der Waals surface area contributed by atoms with Gasteiger partial charge in [0.1, 0.15) is 0 Å². The van der Waals surface area contributed by atoms with Crippen LogP contribution in [0.1, 0.15) is 45.7 Å². The van der Waals surface area contributed by atoms with Crippen LogP contribution >= 0.6 is 0 Å². The van der Waals surface area contributed by atoms with E-state index in [1.54, 1.807) is 0 Å². The third-order valence-corrected chi connectivity index (χ3v) is 5.28. The van der Waals surface area contributed by atoms with E-state index in [0.29, 0.717) is 18.8 Å². The Kier molecular flexibility index (Phi) is 5.33. The number of carbonyl (C=O) groups is 1. The van der Waals surface area contributed by atoms with Crippen molar-refractivity contribution in [3.05, 3.63) is 88.7 Å². The Hall–Kier alpha value is -2.88. The monoisotopic (exact) mass is 359 g/mol. The molecule has 3 aromatic rings. The molecule has 1 aromatic heterocycles. The number of hydrogen-bond donors (Lipinski definition) is 1. The van der Waals surface area contributed by atoms with Gasteiger partial charge in [0.2, 0.25) is 0 Å². The van der Waals surface area contributed by atoms with E-state index in [1.807, 2.05) is 41.3 Å². The average Bonchev–Trinajstić information content (AvgIpc) is 3.16. The van der Waals surface area contributed by atoms with E-state index < -0.39 is 0 Å². The predicted octanol–water partition coefficient (Wildman–Crippen LogP) is 4.17. The highest BCUT2D eigenvalue weighted by Gasteiger charge is 2.25. The largest absolute Gasteiger partial charge is 0.333 e. The summed E-state index contributed by atoms with van der Waals surface area (Å²) in [6.45, 7) is 1.29. The zero-order valence-electron chi connectivity index (χ0n) is 15.5. The van der Waals surface area contributed by atoms with Gasteiger partial charge in [0.25, 0.3) is 5.91 Å². The van der Waals surface area contributed by atoms with Gasteiger partial charge < -0.3 is 4.90 Å². The maximum atomic E-state index is 13.3. The highest BCUT2D eigenvalue weighted by molar-refractivity contribution is 5.94. The summed E-state index contributed by atoms with van der Waals surface area (Å²) in [5.41, 5.74) is 5.28. The van der Waals surface area contributed by atoms with Crippen LogP contribution in [-0.4, -0.2) is 27.5 Å². The maximum absolute atomic E-state index is 13.3. The summed E-state index contributed by atoms with van der Waals surface area (Å²) in [6, 6.07) is 20.5. The van der Waals surface area contributed by atoms with Crippen LogP contribution in [0.5, 0.6) is 0 Å². The number of aryl methyl sites for hydroxylation is 1. The quantitative estimate of drug-likeness (QED) is 0.718. The summed E-state index contributed by atoms with van der Waals surface area (Å²) in [6.07, 6.45) is 5.09. The molecule has 0 unspecified atom stereocenters. The smallest absolute Gasteiger partial charge is 0.274 e. The van der Waals surface area contributed by atoms with Crippen LogP contribution in [-0.2, 0) is 25.8 Å². The first-order valence-electron chi connectivity index (χ1n) is 9.74. The van der Waals surface area contributed by atoms with Gasteiger partial charge >= 0.3 is 0 Å². The summed E-state index contributed by atoms with van der Waals surface area (Å²) in [7, 11) is 0. The molecule has 0 atom stereocenters. The molecule has 0 saturated heterocycles. The normalized spacial score (nSPS) is 13.2. The molecule has 4 rings (SSSR count). The van der Waals surface area contributed by atoms with Crippen molar-refractivity contribution in [3.63, 3.8) is 0 Å². The number of benzene rings is 2. The first-order chi connectivity index (χ1) is 13.3. The summed E-state index contributed by atoms with van der Waals surface area (Å²) >= 11 is 0. The molecule has 138 valence electrons. The van der Waals surface area contributed by atoms with E-state index in [0.717, 1.165) is 42.5 Å². The van der Waals surface area contributed by atoms with Crippen LogP contribution in [0.4, 0.5) is 0 Å². The molecule has 0 radical (unpaired) electrons. The third-order valence-electron chi connectivity index (χ3n) is 5.28. The molecule has 0 spiro atoms. The number of carbonyl (C=O) groups excluding carboxylic acids is 1. The fourth-order valence-corrected chi connectivity index (χ4v) is 3.77. The van der Waals surface area contributed by atoms with Crippen molar-refractivity contribution in [2.24, 2.45) is 0 Å². The molecule has 1 aliphatic carbocycles. The van der Waals surface area contributed by atoms with Gasteiger partial charge in [-0.3, -0.25) is 9.89 Å². The topological polar surface area (TPSA) is 49.0 Å². The lowest BCUT2D eigenvalue weighted by atomic mass is 9.95. The van der Waals surface area contributed by atoms with Crippen LogP contribution in [0.25, 0.3) is 0 Å².